The summed E-state index contributed by atoms with van der Waals surface area (Å²) in [6.45, 7) is 7.21. The molecule has 0 aliphatic carbocycles. The van der Waals surface area contributed by atoms with E-state index in [4.69, 9.17) is 0 Å². The molecule has 0 atom stereocenters. The maximum absolute atomic E-state index is 14.2. The first kappa shape index (κ1) is 24.9. The van der Waals surface area contributed by atoms with Crippen LogP contribution in [0.4, 0.5) is 26.3 Å². The van der Waals surface area contributed by atoms with Crippen molar-refractivity contribution in [2.45, 2.75) is 59.3 Å². The van der Waals surface area contributed by atoms with Gasteiger partial charge in [-0.25, -0.2) is 0 Å². The number of hydrogen-bond acceptors (Lipinski definition) is 0. The van der Waals surface area contributed by atoms with Gasteiger partial charge in [0, 0.05) is 0 Å². The summed E-state index contributed by atoms with van der Waals surface area (Å²) in [4.78, 5) is 0. The van der Waals surface area contributed by atoms with Crippen LogP contribution in [-0.4, -0.2) is 0 Å². The van der Waals surface area contributed by atoms with Gasteiger partial charge in [0.2, 0.25) is 0 Å². The molecular formula is C27H26F6. The highest BCUT2D eigenvalue weighted by Gasteiger charge is 2.36. The minimum atomic E-state index is -4.67. The first-order valence-corrected chi connectivity index (χ1v) is 10.9. The van der Waals surface area contributed by atoms with Crippen molar-refractivity contribution in [3.63, 3.8) is 0 Å². The van der Waals surface area contributed by atoms with Gasteiger partial charge in [-0.05, 0) is 89.4 Å². The van der Waals surface area contributed by atoms with E-state index >= 15 is 0 Å². The molecule has 0 spiro atoms. The fourth-order valence-electron chi connectivity index (χ4n) is 4.13. The minimum Gasteiger partial charge on any atom is -0.166 e. The second kappa shape index (κ2) is 9.24. The van der Waals surface area contributed by atoms with E-state index in [1.54, 1.807) is 26.0 Å². The third kappa shape index (κ3) is 5.26. The Morgan fingerprint density at radius 3 is 1.82 bits per heavy atom. The number of benzene rings is 3. The quantitative estimate of drug-likeness (QED) is 0.330. The molecule has 3 rings (SSSR count). The summed E-state index contributed by atoms with van der Waals surface area (Å²) in [6, 6.07) is 11.5. The Morgan fingerprint density at radius 2 is 1.27 bits per heavy atom. The first-order chi connectivity index (χ1) is 15.4. The first-order valence-electron chi connectivity index (χ1n) is 10.9. The monoisotopic (exact) mass is 464 g/mol. The van der Waals surface area contributed by atoms with Gasteiger partial charge in [-0.1, -0.05) is 50.6 Å². The van der Waals surface area contributed by atoms with Crippen molar-refractivity contribution >= 4 is 0 Å². The predicted molar refractivity (Wildman–Crippen MR) is 120 cm³/mol. The number of rotatable bonds is 5. The normalized spacial score (nSPS) is 12.3. The molecule has 0 saturated carbocycles. The number of aryl methyl sites for hydroxylation is 4. The summed E-state index contributed by atoms with van der Waals surface area (Å²) in [5.74, 6) is 0. The van der Waals surface area contributed by atoms with Crippen molar-refractivity contribution in [3.8, 4) is 22.3 Å². The van der Waals surface area contributed by atoms with Gasteiger partial charge in [-0.15, -0.1) is 0 Å². The van der Waals surface area contributed by atoms with Crippen LogP contribution in [0.2, 0.25) is 0 Å². The van der Waals surface area contributed by atoms with Crippen LogP contribution >= 0.6 is 0 Å². The maximum atomic E-state index is 14.2. The van der Waals surface area contributed by atoms with Gasteiger partial charge in [0.15, 0.2) is 0 Å². The summed E-state index contributed by atoms with van der Waals surface area (Å²) in [7, 11) is 0. The molecule has 0 nitrogen and oxygen atoms in total. The molecular weight excluding hydrogens is 438 g/mol. The smallest absolute Gasteiger partial charge is 0.166 e. The highest BCUT2D eigenvalue weighted by Crippen LogP contribution is 2.43. The molecule has 3 aromatic carbocycles. The Kier molecular flexibility index (Phi) is 6.96. The van der Waals surface area contributed by atoms with Gasteiger partial charge < -0.3 is 0 Å². The highest BCUT2D eigenvalue weighted by molar-refractivity contribution is 5.79. The van der Waals surface area contributed by atoms with Crippen LogP contribution in [0.25, 0.3) is 22.3 Å². The fourth-order valence-corrected chi connectivity index (χ4v) is 4.13. The van der Waals surface area contributed by atoms with E-state index in [1.165, 1.54) is 6.07 Å². The van der Waals surface area contributed by atoms with E-state index in [2.05, 4.69) is 0 Å². The molecule has 0 heterocycles. The Morgan fingerprint density at radius 1 is 0.606 bits per heavy atom. The number of halogens is 6. The zero-order valence-electron chi connectivity index (χ0n) is 19.0. The molecule has 0 saturated heterocycles. The zero-order chi connectivity index (χ0) is 24.6. The van der Waals surface area contributed by atoms with Crippen LogP contribution in [-0.2, 0) is 31.6 Å². The average Bonchev–Trinajstić information content (AvgIpc) is 2.76. The molecule has 176 valence electrons. The summed E-state index contributed by atoms with van der Waals surface area (Å²) < 4.78 is 83.1. The summed E-state index contributed by atoms with van der Waals surface area (Å²) in [5.41, 5.74) is 1.81. The third-order valence-electron chi connectivity index (χ3n) is 5.91. The Hall–Kier alpha value is -2.76. The SMILES string of the molecule is CCc1cc(-c2cc(C(F)(F)F)c(-c3cc(C)ccc3CC)cc2CC)cc(C(F)(F)F)c1. The van der Waals surface area contributed by atoms with Crippen LogP contribution in [0.5, 0.6) is 0 Å². The lowest BCUT2D eigenvalue weighted by atomic mass is 9.86. The molecule has 0 unspecified atom stereocenters. The molecule has 0 amide bonds. The second-order valence-corrected chi connectivity index (χ2v) is 8.19. The van der Waals surface area contributed by atoms with Crippen molar-refractivity contribution < 1.29 is 26.3 Å². The lowest BCUT2D eigenvalue weighted by molar-refractivity contribution is -0.138. The Bertz CT molecular complexity index is 1150. The van der Waals surface area contributed by atoms with Gasteiger partial charge in [-0.3, -0.25) is 0 Å². The highest BCUT2D eigenvalue weighted by atomic mass is 19.4. The number of hydrogen-bond donors (Lipinski definition) is 0. The van der Waals surface area contributed by atoms with Crippen molar-refractivity contribution in [1.82, 2.24) is 0 Å². The molecule has 6 heteroatoms. The summed E-state index contributed by atoms with van der Waals surface area (Å²) >= 11 is 0. The van der Waals surface area contributed by atoms with Gasteiger partial charge in [-0.2, -0.15) is 26.3 Å². The van der Waals surface area contributed by atoms with Crippen LogP contribution in [0.15, 0.2) is 48.5 Å². The van der Waals surface area contributed by atoms with Gasteiger partial charge in [0.05, 0.1) is 11.1 Å². The molecule has 33 heavy (non-hydrogen) atoms. The molecule has 0 N–H and O–H groups in total. The Labute approximate surface area is 190 Å². The maximum Gasteiger partial charge on any atom is 0.417 e. The summed E-state index contributed by atoms with van der Waals surface area (Å²) in [5, 5.41) is 0. The standard InChI is InChI=1S/C27H26F6/c1-5-17-11-20(13-21(12-17)26(28,29)30)22-15-25(27(31,32)33)24(14-19(22)7-3)23-10-16(4)8-9-18(23)6-2/h8-15H,5-7H2,1-4H3. The van der Waals surface area contributed by atoms with Crippen molar-refractivity contribution in [3.05, 3.63) is 81.9 Å². The van der Waals surface area contributed by atoms with Gasteiger partial charge in [0.1, 0.15) is 0 Å². The topological polar surface area (TPSA) is 0 Å². The van der Waals surface area contributed by atoms with E-state index in [0.29, 0.717) is 36.0 Å². The zero-order valence-corrected chi connectivity index (χ0v) is 19.0. The minimum absolute atomic E-state index is 0.0614. The molecule has 0 fully saturated rings. The van der Waals surface area contributed by atoms with E-state index in [0.717, 1.165) is 29.3 Å². The van der Waals surface area contributed by atoms with Crippen molar-refractivity contribution in [2.24, 2.45) is 0 Å². The van der Waals surface area contributed by atoms with E-state index in [1.807, 2.05) is 26.0 Å². The van der Waals surface area contributed by atoms with Crippen LogP contribution < -0.4 is 0 Å². The van der Waals surface area contributed by atoms with E-state index in [-0.39, 0.29) is 16.7 Å². The van der Waals surface area contributed by atoms with Crippen LogP contribution in [0, 0.1) is 6.92 Å². The Balaban J connectivity index is 2.37. The molecule has 3 aromatic rings. The van der Waals surface area contributed by atoms with Gasteiger partial charge in [0.25, 0.3) is 0 Å². The fraction of sp³-hybridized carbons (Fsp3) is 0.333. The van der Waals surface area contributed by atoms with Gasteiger partial charge >= 0.3 is 12.4 Å². The third-order valence-corrected chi connectivity index (χ3v) is 5.91. The molecule has 0 aromatic heterocycles. The van der Waals surface area contributed by atoms with E-state index < -0.39 is 23.5 Å². The van der Waals surface area contributed by atoms with Crippen molar-refractivity contribution in [1.29, 1.82) is 0 Å². The van der Waals surface area contributed by atoms with Crippen molar-refractivity contribution in [2.75, 3.05) is 0 Å². The molecule has 0 radical (unpaired) electrons. The van der Waals surface area contributed by atoms with Crippen LogP contribution in [0.3, 0.4) is 0 Å². The molecule has 0 aliphatic rings. The lowest BCUT2D eigenvalue weighted by Gasteiger charge is -2.21. The summed E-state index contributed by atoms with van der Waals surface area (Å²) in [6.07, 6.45) is -7.97. The largest absolute Gasteiger partial charge is 0.417 e. The predicted octanol–water partition coefficient (Wildman–Crippen LogP) is 9.05. The van der Waals surface area contributed by atoms with E-state index in [9.17, 15) is 26.3 Å². The lowest BCUT2D eigenvalue weighted by Crippen LogP contribution is -2.10. The number of alkyl halides is 6. The van der Waals surface area contributed by atoms with Crippen LogP contribution in [0.1, 0.15) is 54.2 Å². The average molecular weight is 464 g/mol. The second-order valence-electron chi connectivity index (χ2n) is 8.19. The molecule has 0 bridgehead atoms. The molecule has 0 aliphatic heterocycles.